The molecule has 24 heavy (non-hydrogen) atoms. The van der Waals surface area contributed by atoms with Crippen LogP contribution in [0.4, 0.5) is 4.79 Å². The molecule has 0 spiro atoms. The molecule has 7 heteroatoms. The quantitative estimate of drug-likeness (QED) is 0.770. The van der Waals surface area contributed by atoms with Gasteiger partial charge in [0.05, 0.1) is 11.2 Å². The van der Waals surface area contributed by atoms with Crippen molar-refractivity contribution in [2.45, 2.75) is 85.2 Å². The van der Waals surface area contributed by atoms with Gasteiger partial charge in [0.25, 0.3) is 0 Å². The Bertz CT molecular complexity index is 493. The summed E-state index contributed by atoms with van der Waals surface area (Å²) in [5.74, 6) is 0. The van der Waals surface area contributed by atoms with Crippen LogP contribution in [0, 0.1) is 0 Å². The van der Waals surface area contributed by atoms with Crippen molar-refractivity contribution < 1.29 is 18.8 Å². The molecule has 1 heterocycles. The van der Waals surface area contributed by atoms with Crippen LogP contribution in [0.1, 0.15) is 62.3 Å². The molecule has 1 saturated heterocycles. The summed E-state index contributed by atoms with van der Waals surface area (Å²) >= 11 is 0. The largest absolute Gasteiger partial charge is 0.493 e. The number of likely N-dealkylation sites (N-methyl/N-ethyl adjacent to an activating group) is 1. The molecule has 138 valence electrons. The summed E-state index contributed by atoms with van der Waals surface area (Å²) in [7, 11) is 1.32. The summed E-state index contributed by atoms with van der Waals surface area (Å²) in [6.07, 6.45) is -0.489. The number of nitrogens with one attached hydrogen (secondary N) is 2. The van der Waals surface area contributed by atoms with Crippen molar-refractivity contribution in [1.82, 2.24) is 10.6 Å². The van der Waals surface area contributed by atoms with E-state index in [-0.39, 0.29) is 6.04 Å². The van der Waals surface area contributed by atoms with Crippen LogP contribution in [0.5, 0.6) is 0 Å². The number of hydrogen-bond acceptors (Lipinski definition) is 5. The molecule has 1 amide bonds. The lowest BCUT2D eigenvalue weighted by molar-refractivity contribution is 0.00578. The lowest BCUT2D eigenvalue weighted by atomic mass is 9.73. The molecule has 0 radical (unpaired) electrons. The third-order valence-corrected chi connectivity index (χ3v) is 4.53. The minimum absolute atomic E-state index is 0.0327. The molecular weight excluding hydrogens is 307 g/mol. The third-order valence-electron chi connectivity index (χ3n) is 4.53. The molecule has 1 aliphatic heterocycles. The predicted molar refractivity (Wildman–Crippen MR) is 96.7 cm³/mol. The van der Waals surface area contributed by atoms with E-state index in [0.717, 1.165) is 5.47 Å². The van der Waals surface area contributed by atoms with E-state index < -0.39 is 30.0 Å². The van der Waals surface area contributed by atoms with Crippen molar-refractivity contribution in [3.8, 4) is 0 Å². The van der Waals surface area contributed by atoms with Crippen LogP contribution in [0.2, 0.25) is 0 Å². The number of ether oxygens (including phenoxy) is 1. The maximum Gasteiger partial charge on any atom is 0.493 e. The van der Waals surface area contributed by atoms with Crippen LogP contribution in [0.3, 0.4) is 0 Å². The average Bonchev–Trinajstić information content (AvgIpc) is 2.55. The highest BCUT2D eigenvalue weighted by molar-refractivity contribution is 6.55. The Morgan fingerprint density at radius 1 is 1.12 bits per heavy atom. The van der Waals surface area contributed by atoms with Gasteiger partial charge in [0.15, 0.2) is 0 Å². The number of allylic oxidation sites excluding steroid dienone is 1. The van der Waals surface area contributed by atoms with Crippen LogP contribution in [0.15, 0.2) is 11.2 Å². The van der Waals surface area contributed by atoms with Crippen molar-refractivity contribution in [3.63, 3.8) is 0 Å². The average molecular weight is 340 g/mol. The van der Waals surface area contributed by atoms with Gasteiger partial charge in [0.2, 0.25) is 0 Å². The standard InChI is InChI=1S/C17H33BN2O4/c1-11(19-10)13(12(2)20-14(21)22-15(3,4)5)18-23-16(6,7)17(8,9)24-18/h11,19H,1-10H3,(H,20,21)/b13-12+. The van der Waals surface area contributed by atoms with Crippen molar-refractivity contribution in [1.29, 1.82) is 0 Å². The number of amides is 1. The van der Waals surface area contributed by atoms with Gasteiger partial charge in [-0.2, -0.15) is 0 Å². The fraction of sp³-hybridized carbons (Fsp3) is 0.824. The van der Waals surface area contributed by atoms with Gasteiger partial charge in [-0.3, -0.25) is 5.32 Å². The molecule has 1 unspecified atom stereocenters. The molecule has 1 atom stereocenters. The van der Waals surface area contributed by atoms with E-state index in [1.165, 1.54) is 0 Å². The molecule has 2 N–H and O–H groups in total. The Kier molecular flexibility index (Phi) is 6.18. The first-order valence-electron chi connectivity index (χ1n) is 8.44. The molecule has 6 nitrogen and oxygen atoms in total. The normalized spacial score (nSPS) is 22.0. The zero-order valence-electron chi connectivity index (χ0n) is 16.8. The second kappa shape index (κ2) is 7.06. The molecule has 0 saturated carbocycles. The number of rotatable bonds is 4. The SMILES string of the molecule is CNC(C)/C(B1OC(C)(C)C(C)(C)O1)=C(/C)NC(=O)OC(C)(C)C. The minimum atomic E-state index is -0.552. The zero-order chi connectivity index (χ0) is 18.9. The van der Waals surface area contributed by atoms with Gasteiger partial charge in [-0.05, 0) is 74.8 Å². The minimum Gasteiger partial charge on any atom is -0.444 e. The summed E-state index contributed by atoms with van der Waals surface area (Å²) in [4.78, 5) is 12.1. The molecule has 1 rings (SSSR count). The topological polar surface area (TPSA) is 68.8 Å². The molecule has 1 fully saturated rings. The van der Waals surface area contributed by atoms with E-state index >= 15 is 0 Å². The number of carbonyl (C=O) groups excluding carboxylic acids is 1. The molecule has 1 aliphatic rings. The van der Waals surface area contributed by atoms with Crippen molar-refractivity contribution >= 4 is 13.2 Å². The van der Waals surface area contributed by atoms with E-state index in [0.29, 0.717) is 5.70 Å². The lowest BCUT2D eigenvalue weighted by Gasteiger charge is -2.32. The first kappa shape index (κ1) is 21.0. The van der Waals surface area contributed by atoms with E-state index in [4.69, 9.17) is 14.0 Å². The maximum atomic E-state index is 12.1. The van der Waals surface area contributed by atoms with Crippen molar-refractivity contribution in [2.24, 2.45) is 0 Å². The van der Waals surface area contributed by atoms with Gasteiger partial charge in [0, 0.05) is 11.7 Å². The van der Waals surface area contributed by atoms with Gasteiger partial charge in [-0.15, -0.1) is 0 Å². The van der Waals surface area contributed by atoms with Crippen LogP contribution in [-0.2, 0) is 14.0 Å². The third kappa shape index (κ3) is 4.97. The molecule has 0 aromatic heterocycles. The highest BCUT2D eigenvalue weighted by Crippen LogP contribution is 2.39. The Labute approximate surface area is 146 Å². The van der Waals surface area contributed by atoms with E-state index in [1.807, 2.05) is 69.4 Å². The second-order valence-corrected chi connectivity index (χ2v) is 8.31. The molecular formula is C17H33BN2O4. The summed E-state index contributed by atoms with van der Waals surface area (Å²) in [5, 5.41) is 5.99. The highest BCUT2D eigenvalue weighted by atomic mass is 16.7. The smallest absolute Gasteiger partial charge is 0.444 e. The van der Waals surface area contributed by atoms with Gasteiger partial charge in [-0.1, -0.05) is 0 Å². The highest BCUT2D eigenvalue weighted by Gasteiger charge is 2.53. The van der Waals surface area contributed by atoms with Crippen LogP contribution in [-0.4, -0.2) is 43.1 Å². The van der Waals surface area contributed by atoms with E-state index in [1.54, 1.807) is 0 Å². The molecule has 0 bridgehead atoms. The van der Waals surface area contributed by atoms with Crippen LogP contribution < -0.4 is 10.6 Å². The van der Waals surface area contributed by atoms with Crippen molar-refractivity contribution in [3.05, 3.63) is 11.2 Å². The Hall–Kier alpha value is -1.05. The van der Waals surface area contributed by atoms with E-state index in [9.17, 15) is 4.79 Å². The van der Waals surface area contributed by atoms with Gasteiger partial charge < -0.3 is 19.4 Å². The fourth-order valence-corrected chi connectivity index (χ4v) is 2.36. The van der Waals surface area contributed by atoms with Crippen LogP contribution >= 0.6 is 0 Å². The monoisotopic (exact) mass is 340 g/mol. The first-order valence-corrected chi connectivity index (χ1v) is 8.44. The Morgan fingerprint density at radius 3 is 1.96 bits per heavy atom. The summed E-state index contributed by atoms with van der Waals surface area (Å²) in [6.45, 7) is 17.3. The zero-order valence-corrected chi connectivity index (χ0v) is 16.8. The maximum absolute atomic E-state index is 12.1. The second-order valence-electron chi connectivity index (χ2n) is 8.31. The molecule has 0 aromatic carbocycles. The van der Waals surface area contributed by atoms with Crippen LogP contribution in [0.25, 0.3) is 0 Å². The van der Waals surface area contributed by atoms with Gasteiger partial charge >= 0.3 is 13.2 Å². The Morgan fingerprint density at radius 2 is 1.58 bits per heavy atom. The molecule has 0 aliphatic carbocycles. The van der Waals surface area contributed by atoms with Crippen molar-refractivity contribution in [2.75, 3.05) is 7.05 Å². The van der Waals surface area contributed by atoms with E-state index in [2.05, 4.69) is 10.6 Å². The number of hydrogen-bond donors (Lipinski definition) is 2. The number of carbonyl (C=O) groups is 1. The fourth-order valence-electron chi connectivity index (χ4n) is 2.36. The summed E-state index contributed by atoms with van der Waals surface area (Å²) < 4.78 is 17.6. The summed E-state index contributed by atoms with van der Waals surface area (Å²) in [6, 6.07) is -0.0327. The molecule has 0 aromatic rings. The Balaban J connectivity index is 3.07. The lowest BCUT2D eigenvalue weighted by Crippen LogP contribution is -2.41. The number of alkyl carbamates (subject to hydrolysis) is 1. The van der Waals surface area contributed by atoms with Gasteiger partial charge in [0.1, 0.15) is 5.60 Å². The van der Waals surface area contributed by atoms with Gasteiger partial charge in [-0.25, -0.2) is 4.79 Å². The predicted octanol–water partition coefficient (Wildman–Crippen LogP) is 3.02. The first-order chi connectivity index (χ1) is 10.7. The summed E-state index contributed by atoms with van der Waals surface area (Å²) in [5.41, 5.74) is 0.0841.